The maximum absolute atomic E-state index is 10.7. The number of phosphoric ester groups is 1. The summed E-state index contributed by atoms with van der Waals surface area (Å²) in [5, 5.41) is 0. The Morgan fingerprint density at radius 3 is 1.92 bits per heavy atom. The molecule has 0 bridgehead atoms. The molecule has 0 aliphatic carbocycles. The summed E-state index contributed by atoms with van der Waals surface area (Å²) >= 11 is 0. The van der Waals surface area contributed by atoms with Gasteiger partial charge in [-0.25, -0.2) is 4.57 Å². The van der Waals surface area contributed by atoms with Crippen molar-refractivity contribution in [3.05, 3.63) is 0 Å². The van der Waals surface area contributed by atoms with Crippen molar-refractivity contribution in [2.75, 3.05) is 0 Å². The van der Waals surface area contributed by atoms with Gasteiger partial charge in [0, 0.05) is 0 Å². The van der Waals surface area contributed by atoms with Crippen LogP contribution in [0.5, 0.6) is 0 Å². The summed E-state index contributed by atoms with van der Waals surface area (Å²) in [6, 6.07) is 0. The third-order valence-electron chi connectivity index (χ3n) is 2.31. The molecule has 0 radical (unpaired) electrons. The van der Waals surface area contributed by atoms with E-state index in [1.54, 1.807) is 0 Å². The van der Waals surface area contributed by atoms with Gasteiger partial charge < -0.3 is 9.79 Å². The van der Waals surface area contributed by atoms with Crippen molar-refractivity contribution in [1.82, 2.24) is 0 Å². The van der Waals surface area contributed by atoms with E-state index in [-0.39, 0.29) is 0 Å². The number of phosphoric acid groups is 1. The molecule has 0 spiro atoms. The molecule has 5 heteroatoms. The summed E-state index contributed by atoms with van der Waals surface area (Å²) in [5.74, 6) is 0. The Morgan fingerprint density at radius 1 is 1.23 bits per heavy atom. The van der Waals surface area contributed by atoms with Crippen LogP contribution in [0, 0.1) is 0 Å². The molecule has 0 atom stereocenters. The second-order valence-corrected chi connectivity index (χ2v) is 4.39. The molecule has 0 aliphatic heterocycles. The lowest BCUT2D eigenvalue weighted by molar-refractivity contribution is 0.0188. The van der Waals surface area contributed by atoms with Crippen LogP contribution in [0.25, 0.3) is 0 Å². The van der Waals surface area contributed by atoms with Crippen LogP contribution in [0.4, 0.5) is 0 Å². The van der Waals surface area contributed by atoms with Gasteiger partial charge in [0.05, 0.1) is 5.60 Å². The molecule has 13 heavy (non-hydrogen) atoms. The Hall–Kier alpha value is 0.110. The first-order valence-corrected chi connectivity index (χ1v) is 6.18. The molecule has 4 nitrogen and oxygen atoms in total. The molecule has 0 rings (SSSR count). The normalized spacial score (nSPS) is 13.3. The molecular formula is C8H19O4P. The fourth-order valence-electron chi connectivity index (χ4n) is 1.49. The predicted octanol–water partition coefficient (Wildman–Crippen LogP) is 2.45. The summed E-state index contributed by atoms with van der Waals surface area (Å²) in [6.45, 7) is 5.74. The molecule has 0 aromatic rings. The van der Waals surface area contributed by atoms with E-state index < -0.39 is 13.4 Å². The Morgan fingerprint density at radius 2 is 1.69 bits per heavy atom. The van der Waals surface area contributed by atoms with Crippen LogP contribution in [0.3, 0.4) is 0 Å². The van der Waals surface area contributed by atoms with Crippen molar-refractivity contribution in [1.29, 1.82) is 0 Å². The van der Waals surface area contributed by atoms with E-state index in [0.717, 1.165) is 6.42 Å². The van der Waals surface area contributed by atoms with Gasteiger partial charge in [-0.05, 0) is 19.3 Å². The van der Waals surface area contributed by atoms with E-state index >= 15 is 0 Å². The van der Waals surface area contributed by atoms with Crippen LogP contribution >= 0.6 is 7.82 Å². The molecule has 0 fully saturated rings. The summed E-state index contributed by atoms with van der Waals surface area (Å²) in [6.07, 6.45) is 2.80. The molecule has 0 saturated carbocycles. The average molecular weight is 210 g/mol. The van der Waals surface area contributed by atoms with Crippen LogP contribution < -0.4 is 0 Å². The van der Waals surface area contributed by atoms with Crippen LogP contribution in [0.2, 0.25) is 0 Å². The molecule has 2 N–H and O–H groups in total. The summed E-state index contributed by atoms with van der Waals surface area (Å²) in [4.78, 5) is 17.5. The molecule has 0 aromatic heterocycles. The molecule has 0 aromatic carbocycles. The molecule has 0 amide bonds. The molecule has 0 heterocycles. The zero-order valence-corrected chi connectivity index (χ0v) is 9.38. The second-order valence-electron chi connectivity index (χ2n) is 3.22. The third kappa shape index (κ3) is 4.77. The van der Waals surface area contributed by atoms with Crippen LogP contribution in [-0.2, 0) is 9.09 Å². The lowest BCUT2D eigenvalue weighted by atomic mass is 9.92. The van der Waals surface area contributed by atoms with E-state index in [1.165, 1.54) is 0 Å². The SMILES string of the molecule is CCCC(CC)(CC)OP(=O)(O)O. The first-order chi connectivity index (χ1) is 5.89. The lowest BCUT2D eigenvalue weighted by Gasteiger charge is -2.31. The first kappa shape index (κ1) is 13.1. The van der Waals surface area contributed by atoms with Gasteiger partial charge in [0.25, 0.3) is 0 Å². The second kappa shape index (κ2) is 5.11. The van der Waals surface area contributed by atoms with E-state index in [4.69, 9.17) is 14.3 Å². The maximum Gasteiger partial charge on any atom is 0.470 e. The van der Waals surface area contributed by atoms with Gasteiger partial charge in [0.1, 0.15) is 0 Å². The van der Waals surface area contributed by atoms with Gasteiger partial charge in [-0.1, -0.05) is 27.2 Å². The van der Waals surface area contributed by atoms with Crippen molar-refractivity contribution in [3.63, 3.8) is 0 Å². The van der Waals surface area contributed by atoms with E-state index in [9.17, 15) is 4.57 Å². The van der Waals surface area contributed by atoms with Crippen molar-refractivity contribution in [2.24, 2.45) is 0 Å². The predicted molar refractivity (Wildman–Crippen MR) is 51.4 cm³/mol. The molecular weight excluding hydrogens is 191 g/mol. The Kier molecular flexibility index (Phi) is 5.15. The fraction of sp³-hybridized carbons (Fsp3) is 1.00. The molecule has 0 aliphatic rings. The minimum atomic E-state index is -4.35. The largest absolute Gasteiger partial charge is 0.470 e. The van der Waals surface area contributed by atoms with Gasteiger partial charge >= 0.3 is 7.82 Å². The van der Waals surface area contributed by atoms with Gasteiger partial charge in [-0.3, -0.25) is 4.52 Å². The number of hydrogen-bond acceptors (Lipinski definition) is 2. The Labute approximate surface area is 79.5 Å². The van der Waals surface area contributed by atoms with Gasteiger partial charge in [-0.2, -0.15) is 0 Å². The van der Waals surface area contributed by atoms with Crippen molar-refractivity contribution in [2.45, 2.75) is 52.1 Å². The quantitative estimate of drug-likeness (QED) is 0.661. The van der Waals surface area contributed by atoms with Gasteiger partial charge in [0.15, 0.2) is 0 Å². The van der Waals surface area contributed by atoms with E-state index in [1.807, 2.05) is 20.8 Å². The zero-order valence-electron chi connectivity index (χ0n) is 8.49. The van der Waals surface area contributed by atoms with Crippen LogP contribution in [0.1, 0.15) is 46.5 Å². The maximum atomic E-state index is 10.7. The van der Waals surface area contributed by atoms with Crippen molar-refractivity contribution in [3.8, 4) is 0 Å². The highest BCUT2D eigenvalue weighted by molar-refractivity contribution is 7.46. The Bertz CT molecular complexity index is 183. The standard InChI is InChI=1S/C8H19O4P/c1-4-7-8(5-2,6-3)12-13(9,10)11/h4-7H2,1-3H3,(H2,9,10,11). The third-order valence-corrected chi connectivity index (χ3v) is 2.93. The topological polar surface area (TPSA) is 66.8 Å². The monoisotopic (exact) mass is 210 g/mol. The minimum absolute atomic E-state index is 0.627. The minimum Gasteiger partial charge on any atom is -0.303 e. The van der Waals surface area contributed by atoms with Gasteiger partial charge in [-0.15, -0.1) is 0 Å². The van der Waals surface area contributed by atoms with Gasteiger partial charge in [0.2, 0.25) is 0 Å². The molecule has 0 saturated heterocycles. The zero-order chi connectivity index (χ0) is 10.5. The summed E-state index contributed by atoms with van der Waals surface area (Å²) < 4.78 is 15.5. The van der Waals surface area contributed by atoms with Crippen molar-refractivity contribution >= 4 is 7.82 Å². The van der Waals surface area contributed by atoms with E-state index in [0.29, 0.717) is 19.3 Å². The highest BCUT2D eigenvalue weighted by Crippen LogP contribution is 2.45. The van der Waals surface area contributed by atoms with Crippen LogP contribution in [0.15, 0.2) is 0 Å². The Balaban J connectivity index is 4.47. The number of rotatable bonds is 6. The smallest absolute Gasteiger partial charge is 0.303 e. The molecule has 0 unspecified atom stereocenters. The molecule has 80 valence electrons. The average Bonchev–Trinajstić information content (AvgIpc) is 2.01. The van der Waals surface area contributed by atoms with E-state index in [2.05, 4.69) is 0 Å². The highest BCUT2D eigenvalue weighted by atomic mass is 31.2. The first-order valence-electron chi connectivity index (χ1n) is 4.65. The summed E-state index contributed by atoms with van der Waals surface area (Å²) in [7, 11) is -4.35. The number of hydrogen-bond donors (Lipinski definition) is 2. The highest BCUT2D eigenvalue weighted by Gasteiger charge is 2.33. The fourth-order valence-corrected chi connectivity index (χ4v) is 2.34. The van der Waals surface area contributed by atoms with Crippen molar-refractivity contribution < 1.29 is 18.9 Å². The lowest BCUT2D eigenvalue weighted by Crippen LogP contribution is -2.29. The summed E-state index contributed by atoms with van der Waals surface area (Å²) in [5.41, 5.74) is -0.645. The van der Waals surface area contributed by atoms with Crippen LogP contribution in [-0.4, -0.2) is 15.4 Å².